The molecule has 0 fully saturated rings. The Kier molecular flexibility index (Phi) is 7.24. The summed E-state index contributed by atoms with van der Waals surface area (Å²) in [4.78, 5) is -2.03. The van der Waals surface area contributed by atoms with Crippen LogP contribution in [-0.2, 0) is 20.2 Å². The molecule has 158 valence electrons. The van der Waals surface area contributed by atoms with E-state index in [1.807, 2.05) is 0 Å². The first kappa shape index (κ1) is 25.3. The molecule has 0 aromatic heterocycles. The SMILES string of the molecule is O=S(=O)([O-])c1cc(O)c2c(O)c(N=Nc3cc(Cl)ccc3O)c(S(=O)(=O)[O-])cc2c1.[H+].[Na+]. The number of phenolic OH excluding ortho intramolecular Hbond substituents is 3. The minimum absolute atomic E-state index is 0. The smallest absolute Gasteiger partial charge is 0.744 e. The maximum absolute atomic E-state index is 11.7. The first-order chi connectivity index (χ1) is 13.8. The molecule has 3 aromatic rings. The van der Waals surface area contributed by atoms with Crippen molar-refractivity contribution in [2.75, 3.05) is 0 Å². The molecule has 0 spiro atoms. The first-order valence-corrected chi connectivity index (χ1v) is 10.8. The van der Waals surface area contributed by atoms with Crippen molar-refractivity contribution in [3.8, 4) is 17.2 Å². The number of rotatable bonds is 4. The summed E-state index contributed by atoms with van der Waals surface area (Å²) in [6.07, 6.45) is 0. The maximum Gasteiger partial charge on any atom is 1.00 e. The summed E-state index contributed by atoms with van der Waals surface area (Å²) in [6.45, 7) is 0. The summed E-state index contributed by atoms with van der Waals surface area (Å²) >= 11 is 5.77. The third-order valence-corrected chi connectivity index (χ3v) is 5.75. The average Bonchev–Trinajstić information content (AvgIpc) is 2.61. The molecular weight excluding hydrogens is 487 g/mol. The fraction of sp³-hybridized carbons (Fsp3) is 0. The number of fused-ring (bicyclic) bond motifs is 1. The van der Waals surface area contributed by atoms with Gasteiger partial charge in [-0.05, 0) is 41.8 Å². The van der Waals surface area contributed by atoms with E-state index in [2.05, 4.69) is 10.2 Å². The molecule has 15 heteroatoms. The van der Waals surface area contributed by atoms with E-state index in [9.17, 15) is 41.3 Å². The molecule has 3 rings (SSSR count). The van der Waals surface area contributed by atoms with Crippen LogP contribution in [0.3, 0.4) is 0 Å². The third kappa shape index (κ3) is 5.27. The van der Waals surface area contributed by atoms with Crippen LogP contribution in [0.25, 0.3) is 10.8 Å². The standard InChI is InChI=1S/C16H11ClN2O9S2.Na/c17-8-1-2-11(20)10(5-8)18-19-15-13(30(26,27)28)4-7-3-9(29(23,24)25)6-12(21)14(7)16(15)22;/h1-6,20-22H,(H,23,24,25)(H,26,27,28);/q;+1/p-1. The van der Waals surface area contributed by atoms with E-state index in [1.165, 1.54) is 12.1 Å². The molecule has 11 nitrogen and oxygen atoms in total. The molecule has 0 unspecified atom stereocenters. The Labute approximate surface area is 203 Å². The van der Waals surface area contributed by atoms with Crippen molar-refractivity contribution in [3.63, 3.8) is 0 Å². The number of benzene rings is 3. The molecule has 0 bridgehead atoms. The van der Waals surface area contributed by atoms with Crippen LogP contribution < -0.4 is 29.6 Å². The predicted molar refractivity (Wildman–Crippen MR) is 102 cm³/mol. The third-order valence-electron chi connectivity index (χ3n) is 3.86. The summed E-state index contributed by atoms with van der Waals surface area (Å²) in [6, 6.07) is 5.50. The minimum atomic E-state index is -5.29. The van der Waals surface area contributed by atoms with Gasteiger partial charge in [-0.25, -0.2) is 16.8 Å². The summed E-state index contributed by atoms with van der Waals surface area (Å²) in [5, 5.41) is 36.5. The van der Waals surface area contributed by atoms with Gasteiger partial charge in [0.1, 0.15) is 43.1 Å². The van der Waals surface area contributed by atoms with Gasteiger partial charge in [-0.15, -0.1) is 10.2 Å². The molecule has 0 aliphatic heterocycles. The number of halogens is 1. The van der Waals surface area contributed by atoms with Gasteiger partial charge in [-0.2, -0.15) is 0 Å². The fourth-order valence-electron chi connectivity index (χ4n) is 2.55. The molecule has 0 amide bonds. The van der Waals surface area contributed by atoms with Gasteiger partial charge in [0.2, 0.25) is 0 Å². The Bertz CT molecular complexity index is 1450. The van der Waals surface area contributed by atoms with Crippen LogP contribution in [0.2, 0.25) is 5.02 Å². The van der Waals surface area contributed by atoms with Crippen molar-refractivity contribution < 1.29 is 72.2 Å². The molecule has 0 aliphatic carbocycles. The number of nitrogens with zero attached hydrogens (tertiary/aromatic N) is 2. The predicted octanol–water partition coefficient (Wildman–Crippen LogP) is -0.0499. The molecule has 0 saturated carbocycles. The van der Waals surface area contributed by atoms with E-state index in [0.29, 0.717) is 18.2 Å². The zero-order valence-corrected chi connectivity index (χ0v) is 19.7. The van der Waals surface area contributed by atoms with Crippen molar-refractivity contribution in [1.82, 2.24) is 0 Å². The van der Waals surface area contributed by atoms with Crippen molar-refractivity contribution in [3.05, 3.63) is 41.4 Å². The molecule has 0 heterocycles. The largest absolute Gasteiger partial charge is 1.00 e. The molecule has 3 N–H and O–H groups in total. The van der Waals surface area contributed by atoms with Gasteiger partial charge < -0.3 is 24.4 Å². The molecule has 0 aliphatic rings. The first-order valence-electron chi connectivity index (χ1n) is 7.64. The molecular formula is C16H10ClN2NaO9S2. The molecule has 0 radical (unpaired) electrons. The van der Waals surface area contributed by atoms with E-state index in [1.54, 1.807) is 0 Å². The van der Waals surface area contributed by atoms with Gasteiger partial charge in [-0.1, -0.05) is 11.6 Å². The normalized spacial score (nSPS) is 12.2. The molecule has 31 heavy (non-hydrogen) atoms. The summed E-state index contributed by atoms with van der Waals surface area (Å²) < 4.78 is 68.6. The Morgan fingerprint density at radius 2 is 1.52 bits per heavy atom. The van der Waals surface area contributed by atoms with E-state index in [-0.39, 0.29) is 41.7 Å². The summed E-state index contributed by atoms with van der Waals surface area (Å²) in [5.41, 5.74) is -1.11. The van der Waals surface area contributed by atoms with Crippen LogP contribution in [0.4, 0.5) is 11.4 Å². The second-order valence-corrected chi connectivity index (χ2v) is 9.02. The van der Waals surface area contributed by atoms with Crippen LogP contribution in [-0.4, -0.2) is 41.3 Å². The Morgan fingerprint density at radius 3 is 2.10 bits per heavy atom. The zero-order valence-electron chi connectivity index (χ0n) is 16.3. The monoisotopic (exact) mass is 496 g/mol. The van der Waals surface area contributed by atoms with Gasteiger partial charge >= 0.3 is 31.0 Å². The summed E-state index contributed by atoms with van der Waals surface area (Å²) in [7, 11) is -10.3. The van der Waals surface area contributed by atoms with Crippen LogP contribution in [0, 0.1) is 0 Å². The molecule has 0 atom stereocenters. The number of azo groups is 1. The topological polar surface area (TPSA) is 200 Å². The second kappa shape index (κ2) is 8.88. The number of hydrogen-bond donors (Lipinski definition) is 3. The Morgan fingerprint density at radius 1 is 0.871 bits per heavy atom. The molecule has 0 saturated heterocycles. The van der Waals surface area contributed by atoms with Gasteiger partial charge in [0, 0.05) is 5.02 Å². The van der Waals surface area contributed by atoms with E-state index in [4.69, 9.17) is 11.6 Å². The minimum Gasteiger partial charge on any atom is -0.744 e. The number of hydrogen-bond acceptors (Lipinski definition) is 11. The van der Waals surface area contributed by atoms with Gasteiger partial charge in [-0.3, -0.25) is 0 Å². The van der Waals surface area contributed by atoms with Gasteiger partial charge in [0.25, 0.3) is 0 Å². The summed E-state index contributed by atoms with van der Waals surface area (Å²) in [5.74, 6) is -2.32. The van der Waals surface area contributed by atoms with Crippen LogP contribution >= 0.6 is 11.6 Å². The van der Waals surface area contributed by atoms with Crippen LogP contribution in [0.1, 0.15) is 1.43 Å². The van der Waals surface area contributed by atoms with Crippen molar-refractivity contribution >= 4 is 54.0 Å². The van der Waals surface area contributed by atoms with E-state index < -0.39 is 63.7 Å². The van der Waals surface area contributed by atoms with Gasteiger partial charge in [0.05, 0.1) is 15.2 Å². The Balaban J connectivity index is 0.00000256. The molecule has 3 aromatic carbocycles. The zero-order chi connectivity index (χ0) is 22.4. The van der Waals surface area contributed by atoms with Gasteiger partial charge in [0.15, 0.2) is 5.75 Å². The van der Waals surface area contributed by atoms with Crippen molar-refractivity contribution in [1.29, 1.82) is 0 Å². The number of phenols is 3. The van der Waals surface area contributed by atoms with Crippen LogP contribution in [0.15, 0.2) is 56.4 Å². The van der Waals surface area contributed by atoms with Crippen molar-refractivity contribution in [2.45, 2.75) is 9.79 Å². The van der Waals surface area contributed by atoms with E-state index in [0.717, 1.165) is 6.07 Å². The van der Waals surface area contributed by atoms with E-state index >= 15 is 0 Å². The average molecular weight is 497 g/mol. The maximum atomic E-state index is 11.7. The number of aromatic hydroxyl groups is 3. The Hall–Kier alpha value is -1.97. The second-order valence-electron chi connectivity index (χ2n) is 5.85. The van der Waals surface area contributed by atoms with Crippen LogP contribution in [0.5, 0.6) is 17.2 Å². The van der Waals surface area contributed by atoms with Crippen molar-refractivity contribution in [2.24, 2.45) is 10.2 Å². The quantitative estimate of drug-likeness (QED) is 0.251. The fourth-order valence-corrected chi connectivity index (χ4v) is 3.89.